The Kier molecular flexibility index (Phi) is 4.34. The van der Waals surface area contributed by atoms with Gasteiger partial charge in [-0.1, -0.05) is 42.5 Å². The topological polar surface area (TPSA) is 35.2 Å². The minimum absolute atomic E-state index is 0.236. The highest BCUT2D eigenvalue weighted by Crippen LogP contribution is 2.20. The predicted octanol–water partition coefficient (Wildman–Crippen LogP) is 3.67. The molecule has 1 fully saturated rings. The van der Waals surface area contributed by atoms with Crippen LogP contribution in [-0.2, 0) is 11.2 Å². The lowest BCUT2D eigenvalue weighted by atomic mass is 9.98. The van der Waals surface area contributed by atoms with Crippen molar-refractivity contribution < 1.29 is 4.74 Å². The molecule has 0 aromatic heterocycles. The summed E-state index contributed by atoms with van der Waals surface area (Å²) in [7, 11) is 0. The van der Waals surface area contributed by atoms with Crippen molar-refractivity contribution in [3.63, 3.8) is 0 Å². The van der Waals surface area contributed by atoms with E-state index in [4.69, 9.17) is 10.5 Å². The van der Waals surface area contributed by atoms with Gasteiger partial charge >= 0.3 is 0 Å². The maximum Gasteiger partial charge on any atom is 0.0576 e. The fourth-order valence-corrected chi connectivity index (χ4v) is 3.04. The van der Waals surface area contributed by atoms with Gasteiger partial charge < -0.3 is 10.5 Å². The van der Waals surface area contributed by atoms with Crippen LogP contribution in [0.2, 0.25) is 0 Å². The van der Waals surface area contributed by atoms with Crippen molar-refractivity contribution in [1.82, 2.24) is 0 Å². The summed E-state index contributed by atoms with van der Waals surface area (Å²) in [4.78, 5) is 0. The second kappa shape index (κ2) is 6.38. The molecular weight excluding hydrogens is 246 g/mol. The first-order chi connectivity index (χ1) is 9.81. The van der Waals surface area contributed by atoms with Gasteiger partial charge in [0, 0.05) is 12.6 Å². The Balaban J connectivity index is 1.57. The number of hydrogen-bond donors (Lipinski definition) is 1. The van der Waals surface area contributed by atoms with E-state index in [2.05, 4.69) is 42.5 Å². The van der Waals surface area contributed by atoms with Crippen LogP contribution in [0.3, 0.4) is 0 Å². The van der Waals surface area contributed by atoms with E-state index in [0.29, 0.717) is 6.10 Å². The average molecular weight is 269 g/mol. The molecule has 0 radical (unpaired) electrons. The van der Waals surface area contributed by atoms with Gasteiger partial charge in [-0.3, -0.25) is 0 Å². The smallest absolute Gasteiger partial charge is 0.0576 e. The van der Waals surface area contributed by atoms with Crippen LogP contribution in [0.15, 0.2) is 42.5 Å². The normalized spacial score (nSPS) is 20.4. The summed E-state index contributed by atoms with van der Waals surface area (Å²) < 4.78 is 5.66. The molecule has 1 aliphatic rings. The monoisotopic (exact) mass is 269 g/mol. The number of hydrogen-bond acceptors (Lipinski definition) is 2. The molecule has 2 N–H and O–H groups in total. The number of ether oxygens (including phenoxy) is 1. The Labute approximate surface area is 120 Å². The van der Waals surface area contributed by atoms with Crippen LogP contribution in [0, 0.1) is 0 Å². The Hall–Kier alpha value is -1.38. The lowest BCUT2D eigenvalue weighted by molar-refractivity contribution is 0.101. The van der Waals surface area contributed by atoms with E-state index in [1.807, 2.05) is 0 Å². The lowest BCUT2D eigenvalue weighted by Gasteiger charge is -2.15. The number of fused-ring (bicyclic) bond motifs is 1. The highest BCUT2D eigenvalue weighted by molar-refractivity contribution is 5.82. The van der Waals surface area contributed by atoms with Crippen molar-refractivity contribution in [2.75, 3.05) is 6.61 Å². The van der Waals surface area contributed by atoms with Crippen LogP contribution in [-0.4, -0.2) is 18.8 Å². The summed E-state index contributed by atoms with van der Waals surface area (Å²) in [5.74, 6) is 0. The molecule has 2 atom stereocenters. The first-order valence-corrected chi connectivity index (χ1v) is 7.66. The van der Waals surface area contributed by atoms with Crippen molar-refractivity contribution >= 4 is 10.8 Å². The van der Waals surface area contributed by atoms with E-state index >= 15 is 0 Å². The van der Waals surface area contributed by atoms with E-state index in [1.54, 1.807) is 0 Å². The number of rotatable bonds is 5. The average Bonchev–Trinajstić information content (AvgIpc) is 2.98. The van der Waals surface area contributed by atoms with Crippen LogP contribution in [0.1, 0.15) is 31.2 Å². The summed E-state index contributed by atoms with van der Waals surface area (Å²) in [6, 6.07) is 15.4. The standard InChI is InChI=1S/C18H23NO/c19-17(9-10-18-6-3-11-20-18)13-14-7-8-15-4-1-2-5-16(15)12-14/h1-2,4-5,7-8,12,17-18H,3,6,9-11,13,19H2. The summed E-state index contributed by atoms with van der Waals surface area (Å²) in [6.07, 6.45) is 5.99. The van der Waals surface area contributed by atoms with Crippen LogP contribution < -0.4 is 5.73 Å². The highest BCUT2D eigenvalue weighted by Gasteiger charge is 2.16. The second-order valence-corrected chi connectivity index (χ2v) is 5.86. The third kappa shape index (κ3) is 3.38. The minimum Gasteiger partial charge on any atom is -0.378 e. The fraction of sp³-hybridized carbons (Fsp3) is 0.444. The third-order valence-corrected chi connectivity index (χ3v) is 4.20. The Bertz CT molecular complexity index is 560. The summed E-state index contributed by atoms with van der Waals surface area (Å²) in [5.41, 5.74) is 7.61. The zero-order valence-electron chi connectivity index (χ0n) is 11.9. The van der Waals surface area contributed by atoms with Crippen molar-refractivity contribution in [3.05, 3.63) is 48.0 Å². The largest absolute Gasteiger partial charge is 0.378 e. The molecule has 0 spiro atoms. The van der Waals surface area contributed by atoms with Gasteiger partial charge in [-0.25, -0.2) is 0 Å². The maximum absolute atomic E-state index is 6.27. The van der Waals surface area contributed by atoms with Gasteiger partial charge in [0.25, 0.3) is 0 Å². The second-order valence-electron chi connectivity index (χ2n) is 5.86. The SMILES string of the molecule is NC(CCC1CCCO1)Cc1ccc2ccccc2c1. The molecule has 1 saturated heterocycles. The first-order valence-electron chi connectivity index (χ1n) is 7.66. The number of nitrogens with two attached hydrogens (primary N) is 1. The predicted molar refractivity (Wildman–Crippen MR) is 83.8 cm³/mol. The summed E-state index contributed by atoms with van der Waals surface area (Å²) in [6.45, 7) is 0.935. The molecular formula is C18H23NO. The van der Waals surface area contributed by atoms with Crippen molar-refractivity contribution in [2.45, 2.75) is 44.2 Å². The molecule has 0 amide bonds. The molecule has 0 saturated carbocycles. The van der Waals surface area contributed by atoms with Gasteiger partial charge in [-0.2, -0.15) is 0 Å². The fourth-order valence-electron chi connectivity index (χ4n) is 3.04. The van der Waals surface area contributed by atoms with Crippen molar-refractivity contribution in [1.29, 1.82) is 0 Å². The Morgan fingerprint density at radius 2 is 2.00 bits per heavy atom. The molecule has 0 aliphatic carbocycles. The highest BCUT2D eigenvalue weighted by atomic mass is 16.5. The van der Waals surface area contributed by atoms with Gasteiger partial charge in [-0.05, 0) is 48.4 Å². The Morgan fingerprint density at radius 1 is 1.15 bits per heavy atom. The van der Waals surface area contributed by atoms with E-state index in [9.17, 15) is 0 Å². The van der Waals surface area contributed by atoms with Crippen LogP contribution in [0.4, 0.5) is 0 Å². The van der Waals surface area contributed by atoms with Crippen molar-refractivity contribution in [2.24, 2.45) is 5.73 Å². The molecule has 2 aromatic rings. The maximum atomic E-state index is 6.27. The molecule has 2 unspecified atom stereocenters. The van der Waals surface area contributed by atoms with E-state index < -0.39 is 0 Å². The van der Waals surface area contributed by atoms with Crippen LogP contribution in [0.25, 0.3) is 10.8 Å². The molecule has 1 aliphatic heterocycles. The third-order valence-electron chi connectivity index (χ3n) is 4.20. The van der Waals surface area contributed by atoms with Crippen LogP contribution >= 0.6 is 0 Å². The van der Waals surface area contributed by atoms with Gasteiger partial charge in [0.05, 0.1) is 6.10 Å². The van der Waals surface area contributed by atoms with Gasteiger partial charge in [-0.15, -0.1) is 0 Å². The lowest BCUT2D eigenvalue weighted by Crippen LogP contribution is -2.24. The van der Waals surface area contributed by atoms with Gasteiger partial charge in [0.2, 0.25) is 0 Å². The molecule has 20 heavy (non-hydrogen) atoms. The first kappa shape index (κ1) is 13.6. The molecule has 106 valence electrons. The van der Waals surface area contributed by atoms with E-state index in [-0.39, 0.29) is 6.04 Å². The van der Waals surface area contributed by atoms with E-state index in [1.165, 1.54) is 29.2 Å². The quantitative estimate of drug-likeness (QED) is 0.899. The minimum atomic E-state index is 0.236. The molecule has 2 aromatic carbocycles. The Morgan fingerprint density at radius 3 is 2.80 bits per heavy atom. The van der Waals surface area contributed by atoms with Gasteiger partial charge in [0.1, 0.15) is 0 Å². The van der Waals surface area contributed by atoms with E-state index in [0.717, 1.165) is 25.9 Å². The zero-order valence-corrected chi connectivity index (χ0v) is 11.9. The molecule has 0 bridgehead atoms. The molecule has 1 heterocycles. The summed E-state index contributed by atoms with van der Waals surface area (Å²) in [5, 5.41) is 2.60. The van der Waals surface area contributed by atoms with Crippen molar-refractivity contribution in [3.8, 4) is 0 Å². The number of benzene rings is 2. The van der Waals surface area contributed by atoms with Crippen LogP contribution in [0.5, 0.6) is 0 Å². The summed E-state index contributed by atoms with van der Waals surface area (Å²) >= 11 is 0. The molecule has 2 nitrogen and oxygen atoms in total. The zero-order chi connectivity index (χ0) is 13.8. The molecule has 3 rings (SSSR count). The van der Waals surface area contributed by atoms with Gasteiger partial charge in [0.15, 0.2) is 0 Å². The molecule has 2 heteroatoms.